The molecule has 0 spiro atoms. The monoisotopic (exact) mass is 302 g/mol. The Morgan fingerprint density at radius 2 is 1.71 bits per heavy atom. The molecule has 0 unspecified atom stereocenters. The fourth-order valence-electron chi connectivity index (χ4n) is 0.711. The van der Waals surface area contributed by atoms with Gasteiger partial charge in [0.2, 0.25) is 10.0 Å². The van der Waals surface area contributed by atoms with Gasteiger partial charge in [-0.05, 0) is 0 Å². The highest BCUT2D eigenvalue weighted by molar-refractivity contribution is 7.93. The van der Waals surface area contributed by atoms with Gasteiger partial charge in [0, 0.05) is 18.2 Å². The van der Waals surface area contributed by atoms with Crippen molar-refractivity contribution in [3.63, 3.8) is 0 Å². The molecule has 0 saturated carbocycles. The van der Waals surface area contributed by atoms with E-state index in [1.54, 1.807) is 13.8 Å². The van der Waals surface area contributed by atoms with Gasteiger partial charge in [-0.2, -0.15) is 0 Å². The van der Waals surface area contributed by atoms with Crippen LogP contribution < -0.4 is 10.5 Å². The zero-order valence-electron chi connectivity index (χ0n) is 10.1. The molecule has 0 rings (SSSR count). The number of hydrogen-bond donors (Lipinski definition) is 2. The molecule has 0 aliphatic heterocycles. The summed E-state index contributed by atoms with van der Waals surface area (Å²) in [5.74, 6) is -0.866. The quantitative estimate of drug-likeness (QED) is 0.600. The molecule has 17 heavy (non-hydrogen) atoms. The molecule has 0 fully saturated rings. The van der Waals surface area contributed by atoms with Crippen molar-refractivity contribution in [1.82, 2.24) is 4.72 Å². The molecule has 0 radical (unpaired) electrons. The molecular formula is C8H18N2O4S3. The fourth-order valence-corrected chi connectivity index (χ4v) is 3.60. The molecule has 0 aromatic carbocycles. The number of nitrogens with two attached hydrogens (primary N) is 1. The Labute approximate surface area is 108 Å². The Hall–Kier alpha value is -0.250. The van der Waals surface area contributed by atoms with E-state index in [1.165, 1.54) is 0 Å². The van der Waals surface area contributed by atoms with Gasteiger partial charge in [-0.15, -0.1) is 0 Å². The summed E-state index contributed by atoms with van der Waals surface area (Å²) in [4.78, 5) is 0.198. The van der Waals surface area contributed by atoms with E-state index < -0.39 is 36.8 Å². The van der Waals surface area contributed by atoms with Gasteiger partial charge in [0.05, 0.1) is 16.5 Å². The lowest BCUT2D eigenvalue weighted by molar-refractivity contribution is 0.502. The number of hydrogen-bond acceptors (Lipinski definition) is 5. The van der Waals surface area contributed by atoms with Crippen LogP contribution in [0.5, 0.6) is 0 Å². The zero-order chi connectivity index (χ0) is 13.9. The minimum atomic E-state index is -3.63. The molecule has 0 aliphatic carbocycles. The molecule has 0 heterocycles. The Bertz CT molecular complexity index is 479. The van der Waals surface area contributed by atoms with E-state index in [9.17, 15) is 16.8 Å². The van der Waals surface area contributed by atoms with Crippen LogP contribution in [0.25, 0.3) is 0 Å². The first-order valence-corrected chi connectivity index (χ1v) is 8.93. The highest BCUT2D eigenvalue weighted by Crippen LogP contribution is 2.13. The number of sulfone groups is 1. The molecule has 0 atom stereocenters. The van der Waals surface area contributed by atoms with Crippen molar-refractivity contribution in [3.05, 3.63) is 0 Å². The molecule has 0 aliphatic rings. The van der Waals surface area contributed by atoms with Gasteiger partial charge in [-0.1, -0.05) is 26.1 Å². The van der Waals surface area contributed by atoms with E-state index in [0.717, 1.165) is 6.26 Å². The van der Waals surface area contributed by atoms with Crippen molar-refractivity contribution in [3.8, 4) is 0 Å². The van der Waals surface area contributed by atoms with E-state index in [0.29, 0.717) is 0 Å². The van der Waals surface area contributed by atoms with Gasteiger partial charge in [0.25, 0.3) is 0 Å². The summed E-state index contributed by atoms with van der Waals surface area (Å²) in [7, 11) is -6.92. The largest absolute Gasteiger partial charge is 0.393 e. The highest BCUT2D eigenvalue weighted by atomic mass is 32.2. The molecule has 0 amide bonds. The van der Waals surface area contributed by atoms with Crippen LogP contribution in [0.2, 0.25) is 0 Å². The lowest BCUT2D eigenvalue weighted by Crippen LogP contribution is -2.42. The zero-order valence-corrected chi connectivity index (χ0v) is 12.5. The first-order valence-electron chi connectivity index (χ1n) is 4.81. The van der Waals surface area contributed by atoms with Crippen molar-refractivity contribution >= 4 is 37.1 Å². The smallest absolute Gasteiger partial charge is 0.212 e. The van der Waals surface area contributed by atoms with Gasteiger partial charge < -0.3 is 5.73 Å². The molecule has 9 heteroatoms. The van der Waals surface area contributed by atoms with Crippen molar-refractivity contribution in [1.29, 1.82) is 0 Å². The average Bonchev–Trinajstić information content (AvgIpc) is 2.11. The average molecular weight is 302 g/mol. The molecule has 0 bridgehead atoms. The molecule has 102 valence electrons. The fraction of sp³-hybridized carbons (Fsp3) is 0.875. The summed E-state index contributed by atoms with van der Waals surface area (Å²) < 4.78 is 47.0. The molecule has 0 saturated heterocycles. The maximum atomic E-state index is 11.5. The third-order valence-corrected chi connectivity index (χ3v) is 5.21. The van der Waals surface area contributed by atoms with E-state index >= 15 is 0 Å². The van der Waals surface area contributed by atoms with Gasteiger partial charge in [-0.25, -0.2) is 21.6 Å². The summed E-state index contributed by atoms with van der Waals surface area (Å²) in [6.45, 7) is 3.46. The van der Waals surface area contributed by atoms with Crippen LogP contribution in [0, 0.1) is 5.41 Å². The Morgan fingerprint density at radius 3 is 2.06 bits per heavy atom. The van der Waals surface area contributed by atoms with Gasteiger partial charge in [0.1, 0.15) is 9.84 Å². The van der Waals surface area contributed by atoms with Crippen LogP contribution in [0.15, 0.2) is 0 Å². The predicted octanol–water partition coefficient (Wildman–Crippen LogP) is -0.737. The van der Waals surface area contributed by atoms with E-state index in [-0.39, 0.29) is 11.5 Å². The number of nitrogens with one attached hydrogen (secondary N) is 1. The van der Waals surface area contributed by atoms with Crippen LogP contribution in [0.1, 0.15) is 13.8 Å². The maximum absolute atomic E-state index is 11.5. The van der Waals surface area contributed by atoms with E-state index in [4.69, 9.17) is 18.0 Å². The maximum Gasteiger partial charge on any atom is 0.212 e. The van der Waals surface area contributed by atoms with Crippen LogP contribution in [0.3, 0.4) is 0 Å². The van der Waals surface area contributed by atoms with Crippen LogP contribution in [0.4, 0.5) is 0 Å². The van der Waals surface area contributed by atoms with Crippen LogP contribution in [-0.4, -0.2) is 46.1 Å². The topological polar surface area (TPSA) is 106 Å². The van der Waals surface area contributed by atoms with Crippen molar-refractivity contribution in [2.24, 2.45) is 11.1 Å². The van der Waals surface area contributed by atoms with E-state index in [1.807, 2.05) is 0 Å². The molecular weight excluding hydrogens is 284 g/mol. The summed E-state index contributed by atoms with van der Waals surface area (Å²) in [6.07, 6.45) is 0.988. The molecule has 3 N–H and O–H groups in total. The predicted molar refractivity (Wildman–Crippen MR) is 72.1 cm³/mol. The third-order valence-electron chi connectivity index (χ3n) is 2.12. The van der Waals surface area contributed by atoms with Crippen LogP contribution in [-0.2, 0) is 19.9 Å². The second-order valence-corrected chi connectivity index (χ2v) is 9.14. The highest BCUT2D eigenvalue weighted by Gasteiger charge is 2.24. The Morgan fingerprint density at radius 1 is 1.24 bits per heavy atom. The van der Waals surface area contributed by atoms with Gasteiger partial charge in [0.15, 0.2) is 0 Å². The van der Waals surface area contributed by atoms with Crippen molar-refractivity contribution in [2.75, 3.05) is 24.3 Å². The number of sulfonamides is 1. The molecule has 0 aromatic rings. The summed E-state index contributed by atoms with van der Waals surface area (Å²) in [5.41, 5.74) is 4.80. The van der Waals surface area contributed by atoms with Gasteiger partial charge in [-0.3, -0.25) is 0 Å². The minimum Gasteiger partial charge on any atom is -0.393 e. The second-order valence-electron chi connectivity index (χ2n) is 4.52. The molecule has 0 aromatic heterocycles. The van der Waals surface area contributed by atoms with Crippen molar-refractivity contribution < 1.29 is 16.8 Å². The first-order chi connectivity index (χ1) is 7.36. The van der Waals surface area contributed by atoms with Gasteiger partial charge >= 0.3 is 0 Å². The van der Waals surface area contributed by atoms with Crippen LogP contribution >= 0.6 is 12.2 Å². The third kappa shape index (κ3) is 7.63. The number of thiocarbonyl (C=S) groups is 1. The lowest BCUT2D eigenvalue weighted by atomic mass is 9.94. The Balaban J connectivity index is 4.44. The molecule has 6 nitrogen and oxygen atoms in total. The summed E-state index contributed by atoms with van der Waals surface area (Å²) in [5, 5.41) is 0. The Kier molecular flexibility index (Phi) is 5.51. The minimum absolute atomic E-state index is 0.0500. The number of rotatable bonds is 7. The lowest BCUT2D eigenvalue weighted by Gasteiger charge is -2.23. The first kappa shape index (κ1) is 16.8. The van der Waals surface area contributed by atoms with Crippen molar-refractivity contribution in [2.45, 2.75) is 13.8 Å². The second kappa shape index (κ2) is 5.59. The SMILES string of the molecule is CC(C)(CNS(=O)(=O)CCS(C)(=O)=O)C(N)=S. The summed E-state index contributed by atoms with van der Waals surface area (Å²) in [6, 6.07) is 0. The standard InChI is InChI=1S/C8H18N2O4S3/c1-8(2,7(9)15)6-10-17(13,14)5-4-16(3,11)12/h10H,4-6H2,1-3H3,(H2,9,15). The van der Waals surface area contributed by atoms with E-state index in [2.05, 4.69) is 4.72 Å². The summed E-state index contributed by atoms with van der Waals surface area (Å²) >= 11 is 4.79. The normalized spacial score (nSPS) is 13.6.